The Morgan fingerprint density at radius 1 is 0.419 bits per heavy atom. The third kappa shape index (κ3) is 58.2. The van der Waals surface area contributed by atoms with Gasteiger partial charge in [0, 0.05) is 19.4 Å². The summed E-state index contributed by atoms with van der Waals surface area (Å²) in [5, 5.41) is 0. The largest absolute Gasteiger partial charge is 0.472 e. The highest BCUT2D eigenvalue weighted by Gasteiger charge is 2.26. The summed E-state index contributed by atoms with van der Waals surface area (Å²) in [4.78, 5) is 35.2. The number of phosphoric acid groups is 1. The zero-order chi connectivity index (χ0) is 53.8. The average Bonchev–Trinajstić information content (AvgIpc) is 3.39. The fourth-order valence-electron chi connectivity index (χ4n) is 8.30. The Hall–Kier alpha value is -3.07. The molecule has 0 aliphatic heterocycles. The van der Waals surface area contributed by atoms with Gasteiger partial charge in [-0.3, -0.25) is 18.6 Å². The van der Waals surface area contributed by atoms with Crippen LogP contribution in [0.15, 0.2) is 97.2 Å². The normalized spacial score (nSPS) is 13.7. The number of hydrogen-bond acceptors (Lipinski definition) is 8. The van der Waals surface area contributed by atoms with Crippen LogP contribution in [0.4, 0.5) is 0 Å². The van der Waals surface area contributed by atoms with Crippen molar-refractivity contribution >= 4 is 19.8 Å². The van der Waals surface area contributed by atoms with Crippen molar-refractivity contribution in [3.05, 3.63) is 97.2 Å². The molecule has 3 N–H and O–H groups in total. The minimum atomic E-state index is -4.39. The van der Waals surface area contributed by atoms with Crippen molar-refractivity contribution in [2.24, 2.45) is 5.73 Å². The Kier molecular flexibility index (Phi) is 56.7. The van der Waals surface area contributed by atoms with Crippen molar-refractivity contribution in [1.82, 2.24) is 0 Å². The van der Waals surface area contributed by atoms with Crippen LogP contribution in [0.3, 0.4) is 0 Å². The Morgan fingerprint density at radius 3 is 1.11 bits per heavy atom. The quantitative estimate of drug-likeness (QED) is 0.0264. The molecule has 0 heterocycles. The first-order valence-electron chi connectivity index (χ1n) is 30.2. The average molecular weight is 1050 g/mol. The fraction of sp³-hybridized carbons (Fsp3) is 0.719. The van der Waals surface area contributed by atoms with Gasteiger partial charge in [-0.05, 0) is 77.0 Å². The zero-order valence-electron chi connectivity index (χ0n) is 47.6. The maximum Gasteiger partial charge on any atom is 0.472 e. The van der Waals surface area contributed by atoms with Crippen LogP contribution in [0.25, 0.3) is 0 Å². The summed E-state index contributed by atoms with van der Waals surface area (Å²) >= 11 is 0. The van der Waals surface area contributed by atoms with Gasteiger partial charge in [0.1, 0.15) is 6.61 Å². The van der Waals surface area contributed by atoms with Crippen molar-refractivity contribution in [3.8, 4) is 0 Å². The summed E-state index contributed by atoms with van der Waals surface area (Å²) in [6, 6.07) is 0. The van der Waals surface area contributed by atoms with Crippen LogP contribution in [-0.2, 0) is 32.7 Å². The van der Waals surface area contributed by atoms with E-state index in [-0.39, 0.29) is 38.6 Å². The molecule has 0 saturated heterocycles. The Balaban J connectivity index is 3.93. The SMILES string of the molecule is CC/C=C\C/C=C\C/C=C\C/C=C\C/C=C\C/C=C\C/C=C\C/C=C\CCCCCCCCCCCCCCC(=O)OC(COC(=O)CCCCCCCCCCCCCCCCCC)COP(=O)(O)OCCN. The van der Waals surface area contributed by atoms with Gasteiger partial charge in [0.2, 0.25) is 0 Å². The second kappa shape index (κ2) is 59.2. The molecule has 74 heavy (non-hydrogen) atoms. The van der Waals surface area contributed by atoms with Crippen molar-refractivity contribution in [2.75, 3.05) is 26.4 Å². The molecule has 0 aromatic heterocycles. The molecule has 0 amide bonds. The van der Waals surface area contributed by atoms with Crippen LogP contribution in [0, 0.1) is 0 Å². The second-order valence-corrected chi connectivity index (χ2v) is 21.3. The first kappa shape index (κ1) is 70.9. The van der Waals surface area contributed by atoms with Crippen molar-refractivity contribution in [2.45, 2.75) is 270 Å². The topological polar surface area (TPSA) is 134 Å². The van der Waals surface area contributed by atoms with Gasteiger partial charge in [-0.15, -0.1) is 0 Å². The minimum Gasteiger partial charge on any atom is -0.462 e. The smallest absolute Gasteiger partial charge is 0.462 e. The van der Waals surface area contributed by atoms with Crippen molar-refractivity contribution in [3.63, 3.8) is 0 Å². The van der Waals surface area contributed by atoms with Crippen LogP contribution in [-0.4, -0.2) is 49.3 Å². The van der Waals surface area contributed by atoms with Gasteiger partial charge in [-0.1, -0.05) is 272 Å². The number of hydrogen-bond donors (Lipinski definition) is 2. The van der Waals surface area contributed by atoms with Crippen molar-refractivity contribution < 1.29 is 37.6 Å². The summed E-state index contributed by atoms with van der Waals surface area (Å²) in [6.07, 6.45) is 79.0. The second-order valence-electron chi connectivity index (χ2n) is 19.8. The van der Waals surface area contributed by atoms with Gasteiger partial charge in [-0.25, -0.2) is 4.57 Å². The number of allylic oxidation sites excluding steroid dienone is 16. The molecule has 9 nitrogen and oxygen atoms in total. The number of nitrogens with two attached hydrogens (primary N) is 1. The predicted octanol–water partition coefficient (Wildman–Crippen LogP) is 19.2. The molecule has 0 aromatic rings. The van der Waals surface area contributed by atoms with Crippen LogP contribution in [0.2, 0.25) is 0 Å². The maximum absolute atomic E-state index is 12.7. The molecule has 0 spiro atoms. The molecule has 0 aliphatic carbocycles. The molecule has 0 fully saturated rings. The highest BCUT2D eigenvalue weighted by atomic mass is 31.2. The first-order chi connectivity index (χ1) is 36.3. The molecule has 426 valence electrons. The molecule has 0 rings (SSSR count). The number of esters is 2. The molecule has 2 atom stereocenters. The number of phosphoric ester groups is 1. The van der Waals surface area contributed by atoms with Crippen LogP contribution < -0.4 is 5.73 Å². The molecular weight excluding hydrogens is 942 g/mol. The Bertz CT molecular complexity index is 1530. The molecule has 0 radical (unpaired) electrons. The van der Waals surface area contributed by atoms with Gasteiger partial charge in [-0.2, -0.15) is 0 Å². The Labute approximate surface area is 455 Å². The lowest BCUT2D eigenvalue weighted by Gasteiger charge is -2.19. The molecule has 10 heteroatoms. The number of carbonyl (C=O) groups excluding carboxylic acids is 2. The molecule has 0 saturated carbocycles. The van der Waals surface area contributed by atoms with Crippen LogP contribution in [0.5, 0.6) is 0 Å². The van der Waals surface area contributed by atoms with E-state index in [9.17, 15) is 19.0 Å². The highest BCUT2D eigenvalue weighted by molar-refractivity contribution is 7.47. The van der Waals surface area contributed by atoms with E-state index < -0.39 is 26.5 Å². The lowest BCUT2D eigenvalue weighted by atomic mass is 10.0. The van der Waals surface area contributed by atoms with E-state index >= 15 is 0 Å². The summed E-state index contributed by atoms with van der Waals surface area (Å²) in [7, 11) is -4.39. The molecule has 2 unspecified atom stereocenters. The van der Waals surface area contributed by atoms with Gasteiger partial charge in [0.15, 0.2) is 6.10 Å². The van der Waals surface area contributed by atoms with E-state index in [2.05, 4.69) is 111 Å². The van der Waals surface area contributed by atoms with Gasteiger partial charge in [0.05, 0.1) is 13.2 Å². The summed E-state index contributed by atoms with van der Waals surface area (Å²) in [6.45, 7) is 3.65. The number of unbranched alkanes of at least 4 members (excludes halogenated alkanes) is 27. The van der Waals surface area contributed by atoms with Gasteiger partial charge >= 0.3 is 19.8 Å². The number of ether oxygens (including phenoxy) is 2. The number of rotatable bonds is 56. The highest BCUT2D eigenvalue weighted by Crippen LogP contribution is 2.43. The van der Waals surface area contributed by atoms with E-state index in [4.69, 9.17) is 24.3 Å². The van der Waals surface area contributed by atoms with Crippen molar-refractivity contribution in [1.29, 1.82) is 0 Å². The summed E-state index contributed by atoms with van der Waals surface area (Å²) in [5.41, 5.74) is 5.38. The molecule has 0 aromatic carbocycles. The van der Waals surface area contributed by atoms with E-state index in [0.717, 1.165) is 89.9 Å². The van der Waals surface area contributed by atoms with E-state index in [1.54, 1.807) is 0 Å². The lowest BCUT2D eigenvalue weighted by Crippen LogP contribution is -2.29. The Morgan fingerprint density at radius 2 is 0.743 bits per heavy atom. The van der Waals surface area contributed by atoms with Gasteiger partial charge < -0.3 is 20.1 Å². The zero-order valence-corrected chi connectivity index (χ0v) is 48.4. The maximum atomic E-state index is 12.7. The monoisotopic (exact) mass is 1050 g/mol. The number of carbonyl (C=O) groups is 2. The lowest BCUT2D eigenvalue weighted by molar-refractivity contribution is -0.161. The van der Waals surface area contributed by atoms with E-state index in [1.807, 2.05) is 0 Å². The molecule has 0 aliphatic rings. The predicted molar refractivity (Wildman–Crippen MR) is 316 cm³/mol. The summed E-state index contributed by atoms with van der Waals surface area (Å²) < 4.78 is 33.0. The fourth-order valence-corrected chi connectivity index (χ4v) is 9.07. The first-order valence-corrected chi connectivity index (χ1v) is 31.7. The minimum absolute atomic E-state index is 0.0512. The molecular formula is C64H112NO8P. The van der Waals surface area contributed by atoms with E-state index in [1.165, 1.54) is 141 Å². The van der Waals surface area contributed by atoms with E-state index in [0.29, 0.717) is 6.42 Å². The third-order valence-corrected chi connectivity index (χ3v) is 13.7. The van der Waals surface area contributed by atoms with Crippen LogP contribution in [0.1, 0.15) is 264 Å². The van der Waals surface area contributed by atoms with Gasteiger partial charge in [0.25, 0.3) is 0 Å². The standard InChI is InChI=1S/C64H112NO8P/c1-3-5-7-9-11-13-15-17-19-21-22-23-24-25-26-27-28-29-30-31-32-33-34-35-36-37-38-39-40-41-43-45-47-49-51-53-55-57-64(67)73-62(61-72-74(68,69)71-59-58-65)60-70-63(66)56-54-52-50-48-46-44-42-20-18-16-14-12-10-8-6-4-2/h5,7,11,13,17,19,22-23,25-26,28-29,31-32,34-35,62H,3-4,6,8-10,12,14-16,18,20-21,24,27,30,33,36-61,65H2,1-2H3,(H,68,69)/b7-5-,13-11-,19-17-,23-22-,26-25-,29-28-,32-31-,35-34-. The van der Waals surface area contributed by atoms with Crippen LogP contribution >= 0.6 is 7.82 Å². The third-order valence-electron chi connectivity index (χ3n) is 12.7. The molecule has 0 bridgehead atoms. The summed E-state index contributed by atoms with van der Waals surface area (Å²) in [5.74, 6) is -0.824.